The van der Waals surface area contributed by atoms with Crippen molar-refractivity contribution >= 4 is 16.7 Å². The molecule has 4 rings (SSSR count). The topological polar surface area (TPSA) is 37.5 Å². The Labute approximate surface area is 165 Å². The van der Waals surface area contributed by atoms with Crippen LogP contribution in [0.1, 0.15) is 26.3 Å². The van der Waals surface area contributed by atoms with Crippen molar-refractivity contribution in [1.82, 2.24) is 0 Å². The van der Waals surface area contributed by atoms with Gasteiger partial charge in [-0.25, -0.2) is 0 Å². The summed E-state index contributed by atoms with van der Waals surface area (Å²) in [5.74, 6) is 0.799. The summed E-state index contributed by atoms with van der Waals surface area (Å²) < 4.78 is 6.18. The molecule has 0 aliphatic rings. The van der Waals surface area contributed by atoms with Gasteiger partial charge < -0.3 is 4.42 Å². The molecule has 0 saturated heterocycles. The Hall–Kier alpha value is -3.33. The first kappa shape index (κ1) is 18.1. The number of nitrogens with one attached hydrogen (secondary N) is 1. The highest BCUT2D eigenvalue weighted by Crippen LogP contribution is 2.27. The molecule has 3 aromatic carbocycles. The highest BCUT2D eigenvalue weighted by Gasteiger charge is 2.14. The number of para-hydroxylation sites is 2. The van der Waals surface area contributed by atoms with Gasteiger partial charge in [0.2, 0.25) is 0 Å². The molecule has 0 unspecified atom stereocenters. The average molecular weight is 368 g/mol. The van der Waals surface area contributed by atoms with Gasteiger partial charge in [-0.2, -0.15) is 5.10 Å². The summed E-state index contributed by atoms with van der Waals surface area (Å²) in [5, 5.41) is 6.46. The van der Waals surface area contributed by atoms with Crippen LogP contribution in [0.5, 0.6) is 0 Å². The van der Waals surface area contributed by atoms with Crippen molar-refractivity contribution < 1.29 is 4.42 Å². The number of benzene rings is 3. The molecule has 0 fully saturated rings. The van der Waals surface area contributed by atoms with Crippen LogP contribution in [0.25, 0.3) is 22.3 Å². The fourth-order valence-electron chi connectivity index (χ4n) is 3.12. The number of hydrogen-bond donors (Lipinski definition) is 1. The molecule has 0 saturated carbocycles. The zero-order valence-electron chi connectivity index (χ0n) is 16.4. The van der Waals surface area contributed by atoms with E-state index in [2.05, 4.69) is 55.6 Å². The highest BCUT2D eigenvalue weighted by molar-refractivity contribution is 5.78. The Balaban J connectivity index is 1.80. The molecule has 0 atom stereocenters. The minimum absolute atomic E-state index is 0.124. The Morgan fingerprint density at radius 1 is 0.786 bits per heavy atom. The van der Waals surface area contributed by atoms with E-state index in [1.165, 1.54) is 5.56 Å². The van der Waals surface area contributed by atoms with Crippen molar-refractivity contribution in [1.29, 1.82) is 0 Å². The molecular formula is C25H24N2O. The molecule has 4 aromatic rings. The van der Waals surface area contributed by atoms with Crippen LogP contribution in [0.3, 0.4) is 0 Å². The Kier molecular flexibility index (Phi) is 4.74. The van der Waals surface area contributed by atoms with Gasteiger partial charge in [0, 0.05) is 17.0 Å². The fourth-order valence-corrected chi connectivity index (χ4v) is 3.12. The van der Waals surface area contributed by atoms with E-state index in [9.17, 15) is 0 Å². The standard InChI is InChI=1S/C25H24N2O/c1-25(2,3)19-15-13-18(14-16-19)24-17-22(21-11-7-8-12-23(21)28-24)27-26-20-9-5-4-6-10-20/h4-17,26H,1-3H3/b27-22+. The van der Waals surface area contributed by atoms with Gasteiger partial charge in [0.15, 0.2) is 0 Å². The van der Waals surface area contributed by atoms with Gasteiger partial charge in [0.1, 0.15) is 11.3 Å². The minimum atomic E-state index is 0.124. The maximum Gasteiger partial charge on any atom is 0.136 e. The third-order valence-corrected chi connectivity index (χ3v) is 4.77. The lowest BCUT2D eigenvalue weighted by atomic mass is 9.86. The average Bonchev–Trinajstić information content (AvgIpc) is 2.72. The Bertz CT molecular complexity index is 1150. The van der Waals surface area contributed by atoms with Gasteiger partial charge in [-0.1, -0.05) is 75.4 Å². The van der Waals surface area contributed by atoms with E-state index in [-0.39, 0.29) is 5.41 Å². The number of rotatable bonds is 3. The second kappa shape index (κ2) is 7.35. The molecule has 0 spiro atoms. The largest absolute Gasteiger partial charge is 0.456 e. The summed E-state index contributed by atoms with van der Waals surface area (Å²) in [6.07, 6.45) is 0. The molecular weight excluding hydrogens is 344 g/mol. The van der Waals surface area contributed by atoms with Crippen LogP contribution in [-0.2, 0) is 5.41 Å². The van der Waals surface area contributed by atoms with Crippen LogP contribution in [0.4, 0.5) is 5.69 Å². The van der Waals surface area contributed by atoms with E-state index < -0.39 is 0 Å². The molecule has 1 aromatic heterocycles. The first-order valence-electron chi connectivity index (χ1n) is 9.49. The van der Waals surface area contributed by atoms with E-state index in [0.717, 1.165) is 33.3 Å². The summed E-state index contributed by atoms with van der Waals surface area (Å²) >= 11 is 0. The van der Waals surface area contributed by atoms with Gasteiger partial charge in [-0.15, -0.1) is 0 Å². The van der Waals surface area contributed by atoms with Gasteiger partial charge in [0.25, 0.3) is 0 Å². The van der Waals surface area contributed by atoms with Crippen LogP contribution in [0.15, 0.2) is 94.4 Å². The first-order chi connectivity index (χ1) is 13.5. The summed E-state index contributed by atoms with van der Waals surface area (Å²) in [5.41, 5.74) is 7.37. The molecule has 0 radical (unpaired) electrons. The number of hydrogen-bond acceptors (Lipinski definition) is 3. The minimum Gasteiger partial charge on any atom is -0.456 e. The monoisotopic (exact) mass is 368 g/mol. The van der Waals surface area contributed by atoms with Gasteiger partial charge in [0.05, 0.1) is 11.0 Å². The SMILES string of the molecule is CC(C)(C)c1ccc(-c2c/c(=N\Nc3ccccc3)c3ccccc3o2)cc1. The van der Waals surface area contributed by atoms with Crippen LogP contribution < -0.4 is 10.8 Å². The quantitative estimate of drug-likeness (QED) is 0.429. The maximum absolute atomic E-state index is 6.18. The van der Waals surface area contributed by atoms with E-state index in [1.807, 2.05) is 60.7 Å². The van der Waals surface area contributed by atoms with E-state index in [0.29, 0.717) is 0 Å². The molecule has 28 heavy (non-hydrogen) atoms. The summed E-state index contributed by atoms with van der Waals surface area (Å²) in [4.78, 5) is 0. The second-order valence-electron chi connectivity index (χ2n) is 7.91. The first-order valence-corrected chi connectivity index (χ1v) is 9.49. The predicted molar refractivity (Wildman–Crippen MR) is 116 cm³/mol. The molecule has 3 nitrogen and oxygen atoms in total. The zero-order valence-corrected chi connectivity index (χ0v) is 16.4. The Morgan fingerprint density at radius 2 is 1.46 bits per heavy atom. The summed E-state index contributed by atoms with van der Waals surface area (Å²) in [6.45, 7) is 6.65. The predicted octanol–water partition coefficient (Wildman–Crippen LogP) is 6.33. The molecule has 0 aliphatic heterocycles. The summed E-state index contributed by atoms with van der Waals surface area (Å²) in [6, 6.07) is 28.5. The van der Waals surface area contributed by atoms with Crippen molar-refractivity contribution in [3.63, 3.8) is 0 Å². The third kappa shape index (κ3) is 3.84. The number of anilines is 1. The third-order valence-electron chi connectivity index (χ3n) is 4.77. The van der Waals surface area contributed by atoms with E-state index in [4.69, 9.17) is 4.42 Å². The zero-order chi connectivity index (χ0) is 19.6. The van der Waals surface area contributed by atoms with E-state index >= 15 is 0 Å². The van der Waals surface area contributed by atoms with Crippen LogP contribution >= 0.6 is 0 Å². The van der Waals surface area contributed by atoms with Crippen molar-refractivity contribution in [3.8, 4) is 11.3 Å². The van der Waals surface area contributed by atoms with E-state index in [1.54, 1.807) is 0 Å². The van der Waals surface area contributed by atoms with Crippen LogP contribution in [-0.4, -0.2) is 0 Å². The smallest absolute Gasteiger partial charge is 0.136 e. The van der Waals surface area contributed by atoms with Crippen molar-refractivity contribution in [2.45, 2.75) is 26.2 Å². The molecule has 3 heteroatoms. The Morgan fingerprint density at radius 3 is 2.18 bits per heavy atom. The molecule has 0 bridgehead atoms. The normalized spacial score (nSPS) is 12.3. The maximum atomic E-state index is 6.18. The number of fused-ring (bicyclic) bond motifs is 1. The lowest BCUT2D eigenvalue weighted by Crippen LogP contribution is -2.10. The van der Waals surface area contributed by atoms with Crippen LogP contribution in [0, 0.1) is 0 Å². The number of nitrogens with zero attached hydrogens (tertiary/aromatic N) is 1. The lowest BCUT2D eigenvalue weighted by Gasteiger charge is -2.19. The van der Waals surface area contributed by atoms with Crippen LogP contribution in [0.2, 0.25) is 0 Å². The molecule has 140 valence electrons. The lowest BCUT2D eigenvalue weighted by molar-refractivity contribution is 0.589. The molecule has 0 aliphatic carbocycles. The van der Waals surface area contributed by atoms with Gasteiger partial charge in [-0.05, 0) is 35.2 Å². The second-order valence-corrected chi connectivity index (χ2v) is 7.91. The fraction of sp³-hybridized carbons (Fsp3) is 0.160. The van der Waals surface area contributed by atoms with Crippen molar-refractivity contribution in [2.75, 3.05) is 5.43 Å². The van der Waals surface area contributed by atoms with Gasteiger partial charge >= 0.3 is 0 Å². The van der Waals surface area contributed by atoms with Crippen molar-refractivity contribution in [2.24, 2.45) is 5.10 Å². The summed E-state index contributed by atoms with van der Waals surface area (Å²) in [7, 11) is 0. The van der Waals surface area contributed by atoms with Crippen molar-refractivity contribution in [3.05, 3.63) is 95.8 Å². The highest BCUT2D eigenvalue weighted by atomic mass is 16.3. The van der Waals surface area contributed by atoms with Gasteiger partial charge in [-0.3, -0.25) is 5.43 Å². The molecule has 1 N–H and O–H groups in total. The molecule has 0 amide bonds. The molecule has 1 heterocycles.